The van der Waals surface area contributed by atoms with Gasteiger partial charge in [-0.05, 0) is 42.7 Å². The Bertz CT molecular complexity index is 1030. The number of nitrogens with zero attached hydrogens (tertiary/aromatic N) is 2. The molecule has 8 heteroatoms. The molecular formula is C21H24N2O5S. The number of fused-ring (bicyclic) bond motifs is 1. The van der Waals surface area contributed by atoms with Crippen LogP contribution in [0.1, 0.15) is 28.4 Å². The first-order valence-electron chi connectivity index (χ1n) is 9.29. The van der Waals surface area contributed by atoms with Crippen LogP contribution in [0, 0.1) is 0 Å². The van der Waals surface area contributed by atoms with Crippen LogP contribution >= 0.6 is 0 Å². The molecule has 154 valence electrons. The highest BCUT2D eigenvalue weighted by atomic mass is 32.2. The number of ether oxygens (including phenoxy) is 1. The lowest BCUT2D eigenvalue weighted by Gasteiger charge is -2.30. The minimum atomic E-state index is -3.67. The summed E-state index contributed by atoms with van der Waals surface area (Å²) < 4.78 is 30.9. The lowest BCUT2D eigenvalue weighted by atomic mass is 9.99. The number of carbonyl (C=O) groups excluding carboxylic acids is 2. The molecule has 1 atom stereocenters. The molecule has 1 aliphatic heterocycles. The summed E-state index contributed by atoms with van der Waals surface area (Å²) >= 11 is 0. The molecule has 1 unspecified atom stereocenters. The standard InChI is InChI=1S/C21H24N2O5S/c1-15(20(24)23-12-11-16-7-4-5-8-18(16)14-23)28-21(25)17-9-6-10-19(13-17)29(26,27)22(2)3/h4-10,13,15H,11-12,14H2,1-3H3. The molecule has 1 amide bonds. The average molecular weight is 416 g/mol. The number of hydrogen-bond donors (Lipinski definition) is 0. The van der Waals surface area contributed by atoms with Crippen molar-refractivity contribution in [1.82, 2.24) is 9.21 Å². The van der Waals surface area contributed by atoms with Gasteiger partial charge in [0.25, 0.3) is 5.91 Å². The lowest BCUT2D eigenvalue weighted by molar-refractivity contribution is -0.140. The first-order valence-corrected chi connectivity index (χ1v) is 10.7. The van der Waals surface area contributed by atoms with E-state index >= 15 is 0 Å². The van der Waals surface area contributed by atoms with Gasteiger partial charge in [0.05, 0.1) is 10.5 Å². The van der Waals surface area contributed by atoms with Crippen LogP contribution in [0.25, 0.3) is 0 Å². The maximum Gasteiger partial charge on any atom is 0.338 e. The fourth-order valence-electron chi connectivity index (χ4n) is 3.21. The van der Waals surface area contributed by atoms with Gasteiger partial charge in [-0.1, -0.05) is 30.3 Å². The quantitative estimate of drug-likeness (QED) is 0.697. The van der Waals surface area contributed by atoms with Crippen molar-refractivity contribution in [2.45, 2.75) is 30.9 Å². The van der Waals surface area contributed by atoms with Crippen molar-refractivity contribution in [3.8, 4) is 0 Å². The fraction of sp³-hybridized carbons (Fsp3) is 0.333. The SMILES string of the molecule is CC(OC(=O)c1cccc(S(=O)(=O)N(C)C)c1)C(=O)N1CCc2ccccc2C1. The Morgan fingerprint density at radius 1 is 1.07 bits per heavy atom. The zero-order valence-electron chi connectivity index (χ0n) is 16.7. The van der Waals surface area contributed by atoms with Crippen LogP contribution in [0.5, 0.6) is 0 Å². The van der Waals surface area contributed by atoms with Gasteiger partial charge < -0.3 is 9.64 Å². The predicted octanol–water partition coefficient (Wildman–Crippen LogP) is 2.07. The van der Waals surface area contributed by atoms with Crippen LogP contribution in [0.2, 0.25) is 0 Å². The molecule has 0 fully saturated rings. The van der Waals surface area contributed by atoms with Crippen molar-refractivity contribution < 1.29 is 22.7 Å². The Morgan fingerprint density at radius 3 is 2.45 bits per heavy atom. The van der Waals surface area contributed by atoms with E-state index in [1.807, 2.05) is 18.2 Å². The van der Waals surface area contributed by atoms with Gasteiger partial charge in [0.1, 0.15) is 0 Å². The zero-order valence-corrected chi connectivity index (χ0v) is 17.5. The number of benzene rings is 2. The molecule has 0 spiro atoms. The Labute approximate surface area is 170 Å². The van der Waals surface area contributed by atoms with Crippen LogP contribution in [-0.2, 0) is 32.5 Å². The molecule has 0 saturated carbocycles. The second-order valence-corrected chi connectivity index (χ2v) is 9.29. The topological polar surface area (TPSA) is 84.0 Å². The molecule has 0 radical (unpaired) electrons. The summed E-state index contributed by atoms with van der Waals surface area (Å²) in [6.45, 7) is 2.57. The maximum atomic E-state index is 12.7. The van der Waals surface area contributed by atoms with Crippen molar-refractivity contribution in [3.63, 3.8) is 0 Å². The zero-order chi connectivity index (χ0) is 21.2. The third-order valence-corrected chi connectivity index (χ3v) is 6.73. The molecule has 0 N–H and O–H groups in total. The van der Waals surface area contributed by atoms with Gasteiger partial charge in [-0.15, -0.1) is 0 Å². The van der Waals surface area contributed by atoms with E-state index in [2.05, 4.69) is 6.07 Å². The summed E-state index contributed by atoms with van der Waals surface area (Å²) in [6.07, 6.45) is -0.214. The number of amides is 1. The van der Waals surface area contributed by atoms with Gasteiger partial charge >= 0.3 is 5.97 Å². The van der Waals surface area contributed by atoms with E-state index < -0.39 is 22.1 Å². The number of hydrogen-bond acceptors (Lipinski definition) is 5. The first kappa shape index (κ1) is 21.0. The predicted molar refractivity (Wildman–Crippen MR) is 108 cm³/mol. The Hall–Kier alpha value is -2.71. The van der Waals surface area contributed by atoms with E-state index in [-0.39, 0.29) is 16.4 Å². The highest BCUT2D eigenvalue weighted by molar-refractivity contribution is 7.89. The maximum absolute atomic E-state index is 12.7. The minimum Gasteiger partial charge on any atom is -0.449 e. The van der Waals surface area contributed by atoms with Gasteiger partial charge in [-0.3, -0.25) is 4.79 Å². The Morgan fingerprint density at radius 2 is 1.76 bits per heavy atom. The number of rotatable bonds is 5. The first-order chi connectivity index (χ1) is 13.7. The van der Waals surface area contributed by atoms with E-state index in [9.17, 15) is 18.0 Å². The number of esters is 1. The highest BCUT2D eigenvalue weighted by Gasteiger charge is 2.27. The molecule has 2 aromatic carbocycles. The largest absolute Gasteiger partial charge is 0.449 e. The highest BCUT2D eigenvalue weighted by Crippen LogP contribution is 2.20. The lowest BCUT2D eigenvalue weighted by Crippen LogP contribution is -2.42. The molecule has 7 nitrogen and oxygen atoms in total. The minimum absolute atomic E-state index is 0.0106. The Kier molecular flexibility index (Phi) is 6.04. The third kappa shape index (κ3) is 4.49. The molecule has 2 aromatic rings. The van der Waals surface area contributed by atoms with Crippen molar-refractivity contribution in [1.29, 1.82) is 0 Å². The molecule has 1 aliphatic rings. The fourth-order valence-corrected chi connectivity index (χ4v) is 4.16. The van der Waals surface area contributed by atoms with Crippen molar-refractivity contribution in [3.05, 3.63) is 65.2 Å². The molecule has 29 heavy (non-hydrogen) atoms. The number of carbonyl (C=O) groups is 2. The van der Waals surface area contributed by atoms with Gasteiger partial charge in [0, 0.05) is 27.2 Å². The van der Waals surface area contributed by atoms with Gasteiger partial charge in [0.2, 0.25) is 10.0 Å². The molecule has 0 bridgehead atoms. The van der Waals surface area contributed by atoms with Crippen LogP contribution < -0.4 is 0 Å². The van der Waals surface area contributed by atoms with Crippen LogP contribution in [0.4, 0.5) is 0 Å². The van der Waals surface area contributed by atoms with Crippen LogP contribution in [0.15, 0.2) is 53.4 Å². The summed E-state index contributed by atoms with van der Waals surface area (Å²) in [5.74, 6) is -1.01. The van der Waals surface area contributed by atoms with Crippen molar-refractivity contribution in [2.75, 3.05) is 20.6 Å². The molecule has 3 rings (SSSR count). The van der Waals surface area contributed by atoms with Crippen molar-refractivity contribution >= 4 is 21.9 Å². The van der Waals surface area contributed by atoms with E-state index in [0.29, 0.717) is 13.1 Å². The van der Waals surface area contributed by atoms with E-state index in [4.69, 9.17) is 4.74 Å². The second-order valence-electron chi connectivity index (χ2n) is 7.14. The Balaban J connectivity index is 1.69. The van der Waals surface area contributed by atoms with Gasteiger partial charge in [0.15, 0.2) is 6.10 Å². The molecule has 0 saturated heterocycles. The molecular weight excluding hydrogens is 392 g/mol. The normalized spacial score (nSPS) is 15.0. The van der Waals surface area contributed by atoms with Gasteiger partial charge in [-0.2, -0.15) is 0 Å². The third-order valence-electron chi connectivity index (χ3n) is 4.92. The molecule has 0 aliphatic carbocycles. The summed E-state index contributed by atoms with van der Waals surface area (Å²) in [4.78, 5) is 26.9. The van der Waals surface area contributed by atoms with E-state index in [1.165, 1.54) is 50.8 Å². The summed E-state index contributed by atoms with van der Waals surface area (Å²) in [6, 6.07) is 13.6. The summed E-state index contributed by atoms with van der Waals surface area (Å²) in [7, 11) is -0.844. The van der Waals surface area contributed by atoms with E-state index in [1.54, 1.807) is 4.90 Å². The number of sulfonamides is 1. The van der Waals surface area contributed by atoms with E-state index in [0.717, 1.165) is 16.3 Å². The summed E-state index contributed by atoms with van der Waals surface area (Å²) in [5.41, 5.74) is 2.39. The average Bonchev–Trinajstić information content (AvgIpc) is 2.72. The molecule has 1 heterocycles. The molecule has 0 aromatic heterocycles. The second kappa shape index (κ2) is 8.34. The van der Waals surface area contributed by atoms with Crippen LogP contribution in [-0.4, -0.2) is 56.2 Å². The van der Waals surface area contributed by atoms with Gasteiger partial charge in [-0.25, -0.2) is 17.5 Å². The smallest absolute Gasteiger partial charge is 0.338 e. The van der Waals surface area contributed by atoms with Crippen LogP contribution in [0.3, 0.4) is 0 Å². The van der Waals surface area contributed by atoms with Crippen molar-refractivity contribution in [2.24, 2.45) is 0 Å². The monoisotopic (exact) mass is 416 g/mol. The summed E-state index contributed by atoms with van der Waals surface area (Å²) in [5, 5.41) is 0.